The third kappa shape index (κ3) is 36.7. The number of methoxy groups -OCH3 is 8. The lowest BCUT2D eigenvalue weighted by Crippen LogP contribution is -2.45. The first kappa shape index (κ1) is 84.3. The fraction of sp³-hybridized carbons (Fsp3) is 0.692. The summed E-state index contributed by atoms with van der Waals surface area (Å²) in [7, 11) is 17.3. The fourth-order valence-corrected chi connectivity index (χ4v) is 16.4. The van der Waals surface area contributed by atoms with Crippen LogP contribution in [-0.4, -0.2) is 246 Å². The minimum atomic E-state index is -1.18. The zero-order valence-corrected chi connectivity index (χ0v) is 58.4. The molecule has 0 radical (unpaired) electrons. The summed E-state index contributed by atoms with van der Waals surface area (Å²) in [5.41, 5.74) is 0. The van der Waals surface area contributed by atoms with Gasteiger partial charge in [0.1, 0.15) is 48.3 Å². The molecule has 1 aliphatic heterocycles. The smallest absolute Gasteiger partial charge is 0.329 e. The molecule has 1 rings (SSSR count). The van der Waals surface area contributed by atoms with Crippen LogP contribution < -0.4 is 42.5 Å². The number of hydrogen-bond donors (Lipinski definition) is 8. The first-order valence-electron chi connectivity index (χ1n) is 27.9. The van der Waals surface area contributed by atoms with Gasteiger partial charge in [0.15, 0.2) is 0 Å². The molecule has 8 N–H and O–H groups in total. The SMILES string of the molecule is COC(=O)[C@@H]1CSSC[C@@H](C(=O)OC)NC(=O)CCCC(=O)N[C@H](C(=O)OC)CSSC[C@@H](C(=O)OC)NC(=O)CCCC(=O)N[C@H](C(=O)OC)CSSC[C@@H](C(=O)OC)NC(=O)CCCC(=O)N[C@H](C(=O)OC)CSSC[C@@H](C(=O)OC)NC(=O)CCCC(=O)N1. The van der Waals surface area contributed by atoms with Crippen LogP contribution in [0.1, 0.15) is 77.0 Å². The predicted octanol–water partition coefficient (Wildman–Crippen LogP) is -0.531. The maximum absolute atomic E-state index is 13.0. The van der Waals surface area contributed by atoms with Gasteiger partial charge < -0.3 is 80.4 Å². The Morgan fingerprint density at radius 2 is 0.326 bits per heavy atom. The van der Waals surface area contributed by atoms with Gasteiger partial charge in [-0.1, -0.05) is 86.4 Å². The molecule has 1 aliphatic rings. The molecule has 1 heterocycles. The summed E-state index contributed by atoms with van der Waals surface area (Å²) in [6, 6.07) is -9.40. The van der Waals surface area contributed by atoms with Crippen LogP contribution in [0.3, 0.4) is 0 Å². The van der Waals surface area contributed by atoms with E-state index in [1.807, 2.05) is 0 Å². The molecule has 0 spiro atoms. The second kappa shape index (κ2) is 49.8. The van der Waals surface area contributed by atoms with E-state index >= 15 is 0 Å². The van der Waals surface area contributed by atoms with Crippen LogP contribution in [0.15, 0.2) is 0 Å². The minimum Gasteiger partial charge on any atom is -0.467 e. The van der Waals surface area contributed by atoms with E-state index in [-0.39, 0.29) is 123 Å². The standard InChI is InChI=1S/C52H80N8O24S8/c1-77-45(69)29-21-85-86-22-30(46(70)78-2)54-39(63)15-10-16-40(64)56-33(49(73)81-5)25-89-90-26-34(50(74)82-6)58-43(67)19-12-20-44(68)60-36(52(76)84-8)28-92-91-27-35(51(75)83-7)59-42(66)18-11-17-41(65)57-32(48(72)80-4)24-88-87-23-31(47(71)79-3)55-38(62)14-9-13-37(61)53-29/h29-36H,9-28H2,1-8H3,(H,53,61)(H,54,63)(H,55,62)(H,56,64)(H,57,65)(H,58,67)(H,59,66)(H,60,68)/t29-,30-,31-,32-,33-,34-,35-,36-/m0/s1. The fourth-order valence-electron chi connectivity index (χ4n) is 7.19. The Hall–Kier alpha value is -5.68. The highest BCUT2D eigenvalue weighted by atomic mass is 33.1. The summed E-state index contributed by atoms with van der Waals surface area (Å²) in [6.07, 6.45) is -1.92. The van der Waals surface area contributed by atoms with Crippen molar-refractivity contribution in [3.8, 4) is 0 Å². The largest absolute Gasteiger partial charge is 0.467 e. The summed E-state index contributed by atoms with van der Waals surface area (Å²) in [5, 5.41) is 20.3. The highest BCUT2D eigenvalue weighted by Crippen LogP contribution is 2.27. The van der Waals surface area contributed by atoms with Crippen LogP contribution in [0.25, 0.3) is 0 Å². The quantitative estimate of drug-likeness (QED) is 0.0860. The van der Waals surface area contributed by atoms with E-state index < -0.39 is 143 Å². The third-order valence-corrected chi connectivity index (χ3v) is 21.7. The number of carbonyl (C=O) groups excluding carboxylic acids is 16. The van der Waals surface area contributed by atoms with Gasteiger partial charge in [0.05, 0.1) is 56.9 Å². The van der Waals surface area contributed by atoms with Gasteiger partial charge in [-0.2, -0.15) is 0 Å². The Bertz CT molecular complexity index is 2010. The highest BCUT2D eigenvalue weighted by molar-refractivity contribution is 8.77. The Balaban J connectivity index is 3.25. The van der Waals surface area contributed by atoms with Crippen molar-refractivity contribution in [2.75, 3.05) is 103 Å². The van der Waals surface area contributed by atoms with Crippen molar-refractivity contribution in [1.82, 2.24) is 42.5 Å². The second-order valence-electron chi connectivity index (χ2n) is 18.8. The summed E-state index contributed by atoms with van der Waals surface area (Å²) >= 11 is 0. The topological polar surface area (TPSA) is 443 Å². The first-order chi connectivity index (χ1) is 43.9. The van der Waals surface area contributed by atoms with E-state index in [0.29, 0.717) is 0 Å². The lowest BCUT2D eigenvalue weighted by Gasteiger charge is -2.19. The molecule has 520 valence electrons. The van der Waals surface area contributed by atoms with Gasteiger partial charge in [-0.15, -0.1) is 0 Å². The van der Waals surface area contributed by atoms with Crippen molar-refractivity contribution < 1.29 is 115 Å². The van der Waals surface area contributed by atoms with E-state index in [1.165, 1.54) is 0 Å². The molecule has 92 heavy (non-hydrogen) atoms. The molecule has 1 fully saturated rings. The van der Waals surface area contributed by atoms with Gasteiger partial charge in [0.2, 0.25) is 47.3 Å². The molecule has 8 atom stereocenters. The van der Waals surface area contributed by atoms with Crippen LogP contribution in [0, 0.1) is 0 Å². The Kier molecular flexibility index (Phi) is 45.7. The molecular formula is C52H80N8O24S8. The monoisotopic (exact) mass is 1460 g/mol. The van der Waals surface area contributed by atoms with Crippen molar-refractivity contribution in [2.24, 2.45) is 0 Å². The number of esters is 8. The summed E-state index contributed by atoms with van der Waals surface area (Å²) < 4.78 is 38.8. The van der Waals surface area contributed by atoms with Crippen molar-refractivity contribution in [1.29, 1.82) is 0 Å². The van der Waals surface area contributed by atoms with Crippen LogP contribution in [0.2, 0.25) is 0 Å². The summed E-state index contributed by atoms with van der Waals surface area (Å²) in [6.45, 7) is 0. The second-order valence-corrected chi connectivity index (χ2v) is 29.0. The van der Waals surface area contributed by atoms with Gasteiger partial charge in [0.25, 0.3) is 0 Å². The van der Waals surface area contributed by atoms with Gasteiger partial charge in [-0.05, 0) is 25.7 Å². The molecule has 0 aromatic carbocycles. The van der Waals surface area contributed by atoms with E-state index in [0.717, 1.165) is 143 Å². The number of ether oxygens (including phenoxy) is 8. The van der Waals surface area contributed by atoms with Crippen LogP contribution in [0.5, 0.6) is 0 Å². The van der Waals surface area contributed by atoms with Gasteiger partial charge in [0, 0.05) is 97.4 Å². The number of amides is 8. The molecule has 0 bridgehead atoms. The van der Waals surface area contributed by atoms with Crippen molar-refractivity contribution >= 4 is 181 Å². The van der Waals surface area contributed by atoms with E-state index in [2.05, 4.69) is 42.5 Å². The van der Waals surface area contributed by atoms with Crippen molar-refractivity contribution in [2.45, 2.75) is 125 Å². The van der Waals surface area contributed by atoms with Gasteiger partial charge in [-0.25, -0.2) is 38.4 Å². The maximum Gasteiger partial charge on any atom is 0.329 e. The number of rotatable bonds is 8. The van der Waals surface area contributed by atoms with Crippen molar-refractivity contribution in [3.05, 3.63) is 0 Å². The lowest BCUT2D eigenvalue weighted by molar-refractivity contribution is -0.145. The Labute approximate surface area is 563 Å². The predicted molar refractivity (Wildman–Crippen MR) is 347 cm³/mol. The van der Waals surface area contributed by atoms with Crippen LogP contribution in [0.4, 0.5) is 0 Å². The minimum absolute atomic E-state index is 0.0195. The zero-order chi connectivity index (χ0) is 69.0. The van der Waals surface area contributed by atoms with Gasteiger partial charge in [-0.3, -0.25) is 38.4 Å². The maximum atomic E-state index is 13.0. The number of nitrogens with one attached hydrogen (secondary N) is 8. The molecule has 0 unspecified atom stereocenters. The molecule has 1 saturated heterocycles. The van der Waals surface area contributed by atoms with E-state index in [4.69, 9.17) is 37.9 Å². The highest BCUT2D eigenvalue weighted by Gasteiger charge is 2.31. The first-order valence-corrected chi connectivity index (χ1v) is 37.8. The average Bonchev–Trinajstić information content (AvgIpc) is 2.36. The molecule has 0 aliphatic carbocycles. The molecule has 8 amide bonds. The molecule has 0 aromatic rings. The molecule has 0 saturated carbocycles. The Morgan fingerprint density at radius 1 is 0.228 bits per heavy atom. The average molecular weight is 1460 g/mol. The normalized spacial score (nSPS) is 24.1. The van der Waals surface area contributed by atoms with E-state index in [9.17, 15) is 76.7 Å². The van der Waals surface area contributed by atoms with Crippen molar-refractivity contribution in [3.63, 3.8) is 0 Å². The lowest BCUT2D eigenvalue weighted by atomic mass is 10.2. The van der Waals surface area contributed by atoms with Crippen LogP contribution in [-0.2, 0) is 115 Å². The number of carbonyl (C=O) groups is 16. The molecule has 32 nitrogen and oxygen atoms in total. The molecule has 40 heteroatoms. The third-order valence-electron chi connectivity index (χ3n) is 12.0. The van der Waals surface area contributed by atoms with E-state index in [1.54, 1.807) is 0 Å². The zero-order valence-electron chi connectivity index (χ0n) is 51.8. The summed E-state index contributed by atoms with van der Waals surface area (Å²) in [5.74, 6) is -11.9. The molecule has 0 aromatic heterocycles. The summed E-state index contributed by atoms with van der Waals surface area (Å²) in [4.78, 5) is 205. The molecular weight excluding hydrogens is 1380 g/mol. The Morgan fingerprint density at radius 3 is 0.413 bits per heavy atom. The number of hydrogen-bond acceptors (Lipinski definition) is 32. The van der Waals surface area contributed by atoms with Gasteiger partial charge >= 0.3 is 47.8 Å². The van der Waals surface area contributed by atoms with Crippen LogP contribution >= 0.6 is 86.4 Å².